The molecule has 18 heavy (non-hydrogen) atoms. The Morgan fingerprint density at radius 2 is 2.33 bits per heavy atom. The van der Waals surface area contributed by atoms with Gasteiger partial charge in [0.05, 0.1) is 12.6 Å². The summed E-state index contributed by atoms with van der Waals surface area (Å²) in [5.41, 5.74) is 5.97. The van der Waals surface area contributed by atoms with E-state index in [0.717, 1.165) is 12.2 Å². The lowest BCUT2D eigenvalue weighted by Gasteiger charge is -2.43. The van der Waals surface area contributed by atoms with Crippen molar-refractivity contribution in [3.05, 3.63) is 12.4 Å². The Morgan fingerprint density at radius 3 is 3.00 bits per heavy atom. The van der Waals surface area contributed by atoms with E-state index in [2.05, 4.69) is 22.2 Å². The summed E-state index contributed by atoms with van der Waals surface area (Å²) in [7, 11) is 1.61. The summed E-state index contributed by atoms with van der Waals surface area (Å²) in [4.78, 5) is 8.27. The lowest BCUT2D eigenvalue weighted by Crippen LogP contribution is -2.52. The van der Waals surface area contributed by atoms with E-state index in [4.69, 9.17) is 10.5 Å². The molecule has 5 nitrogen and oxygen atoms in total. The Labute approximate surface area is 108 Å². The maximum atomic E-state index is 6.01. The van der Waals surface area contributed by atoms with Crippen LogP contribution in [0.5, 0.6) is 5.88 Å². The van der Waals surface area contributed by atoms with Crippen molar-refractivity contribution in [3.8, 4) is 5.88 Å². The fraction of sp³-hybridized carbons (Fsp3) is 0.692. The number of hydrogen-bond acceptors (Lipinski definition) is 5. The second kappa shape index (κ2) is 5.52. The number of nitrogens with zero attached hydrogens (tertiary/aromatic N) is 2. The lowest BCUT2D eigenvalue weighted by atomic mass is 9.73. The number of ether oxygens (including phenoxy) is 1. The summed E-state index contributed by atoms with van der Waals surface area (Å²) in [5.74, 6) is 1.92. The first-order chi connectivity index (χ1) is 8.70. The topological polar surface area (TPSA) is 73.1 Å². The SMILES string of the molecule is COc1cc(NC2(CN)CCCCC2C)ncn1. The number of anilines is 1. The highest BCUT2D eigenvalue weighted by atomic mass is 16.5. The summed E-state index contributed by atoms with van der Waals surface area (Å²) < 4.78 is 5.12. The lowest BCUT2D eigenvalue weighted by molar-refractivity contribution is 0.235. The predicted molar refractivity (Wildman–Crippen MR) is 71.6 cm³/mol. The number of hydrogen-bond donors (Lipinski definition) is 2. The monoisotopic (exact) mass is 250 g/mol. The van der Waals surface area contributed by atoms with Gasteiger partial charge in [-0.25, -0.2) is 9.97 Å². The highest BCUT2D eigenvalue weighted by molar-refractivity contribution is 5.41. The maximum absolute atomic E-state index is 6.01. The van der Waals surface area contributed by atoms with Crippen LogP contribution in [0.2, 0.25) is 0 Å². The molecule has 3 N–H and O–H groups in total. The third-order valence-electron chi connectivity index (χ3n) is 4.05. The van der Waals surface area contributed by atoms with Crippen LogP contribution in [0, 0.1) is 5.92 Å². The molecule has 1 aromatic heterocycles. The van der Waals surface area contributed by atoms with Crippen LogP contribution < -0.4 is 15.8 Å². The Kier molecular flexibility index (Phi) is 4.01. The quantitative estimate of drug-likeness (QED) is 0.852. The van der Waals surface area contributed by atoms with Crippen molar-refractivity contribution in [2.75, 3.05) is 19.0 Å². The third-order valence-corrected chi connectivity index (χ3v) is 4.05. The minimum atomic E-state index is -0.0440. The minimum absolute atomic E-state index is 0.0440. The van der Waals surface area contributed by atoms with Gasteiger partial charge >= 0.3 is 0 Å². The molecule has 1 aliphatic carbocycles. The van der Waals surface area contributed by atoms with Crippen molar-refractivity contribution in [1.29, 1.82) is 0 Å². The zero-order valence-corrected chi connectivity index (χ0v) is 11.1. The van der Waals surface area contributed by atoms with Crippen LogP contribution in [0.3, 0.4) is 0 Å². The van der Waals surface area contributed by atoms with Gasteiger partial charge in [-0.3, -0.25) is 0 Å². The summed E-state index contributed by atoms with van der Waals surface area (Å²) in [6.45, 7) is 2.89. The molecule has 0 aliphatic heterocycles. The van der Waals surface area contributed by atoms with Gasteiger partial charge in [-0.2, -0.15) is 0 Å². The second-order valence-corrected chi connectivity index (χ2v) is 5.08. The summed E-state index contributed by atoms with van der Waals surface area (Å²) in [6.07, 6.45) is 6.33. The summed E-state index contributed by atoms with van der Waals surface area (Å²) >= 11 is 0. The van der Waals surface area contributed by atoms with E-state index in [1.54, 1.807) is 7.11 Å². The number of aromatic nitrogens is 2. The Hall–Kier alpha value is -1.36. The fourth-order valence-corrected chi connectivity index (χ4v) is 2.73. The van der Waals surface area contributed by atoms with Crippen LogP contribution in [0.25, 0.3) is 0 Å². The molecule has 1 saturated carbocycles. The second-order valence-electron chi connectivity index (χ2n) is 5.08. The van der Waals surface area contributed by atoms with Crippen molar-refractivity contribution >= 4 is 5.82 Å². The number of rotatable bonds is 4. The molecule has 5 heteroatoms. The first-order valence-electron chi connectivity index (χ1n) is 6.54. The van der Waals surface area contributed by atoms with Crippen molar-refractivity contribution < 1.29 is 4.74 Å². The van der Waals surface area contributed by atoms with Crippen LogP contribution in [-0.4, -0.2) is 29.2 Å². The van der Waals surface area contributed by atoms with Crippen molar-refractivity contribution in [1.82, 2.24) is 9.97 Å². The Balaban J connectivity index is 2.18. The van der Waals surface area contributed by atoms with Crippen molar-refractivity contribution in [2.24, 2.45) is 11.7 Å². The van der Waals surface area contributed by atoms with Gasteiger partial charge in [0.15, 0.2) is 0 Å². The van der Waals surface area contributed by atoms with Gasteiger partial charge in [0, 0.05) is 12.6 Å². The van der Waals surface area contributed by atoms with Crippen LogP contribution in [0.1, 0.15) is 32.6 Å². The highest BCUT2D eigenvalue weighted by Gasteiger charge is 2.37. The standard InChI is InChI=1S/C13H22N4O/c1-10-5-3-4-6-13(10,8-14)17-11-7-12(18-2)16-9-15-11/h7,9-10H,3-6,8,14H2,1-2H3,(H,15,16,17). The Morgan fingerprint density at radius 1 is 1.50 bits per heavy atom. The molecule has 1 aliphatic rings. The molecule has 2 rings (SSSR count). The van der Waals surface area contributed by atoms with Gasteiger partial charge in [0.25, 0.3) is 0 Å². The molecule has 1 aromatic rings. The smallest absolute Gasteiger partial charge is 0.218 e. The minimum Gasteiger partial charge on any atom is -0.481 e. The number of nitrogens with one attached hydrogen (secondary N) is 1. The van der Waals surface area contributed by atoms with Crippen molar-refractivity contribution in [2.45, 2.75) is 38.1 Å². The Bertz CT molecular complexity index is 398. The van der Waals surface area contributed by atoms with Gasteiger partial charge in [-0.1, -0.05) is 19.8 Å². The van der Waals surface area contributed by atoms with Gasteiger partial charge in [-0.15, -0.1) is 0 Å². The van der Waals surface area contributed by atoms with Crippen molar-refractivity contribution in [3.63, 3.8) is 0 Å². The molecule has 0 bridgehead atoms. The molecular weight excluding hydrogens is 228 g/mol. The normalized spacial score (nSPS) is 27.8. The van der Waals surface area contributed by atoms with E-state index >= 15 is 0 Å². The van der Waals surface area contributed by atoms with Crippen LogP contribution in [-0.2, 0) is 0 Å². The molecule has 0 amide bonds. The van der Waals surface area contributed by atoms with Crippen LogP contribution in [0.4, 0.5) is 5.82 Å². The molecule has 2 atom stereocenters. The van der Waals surface area contributed by atoms with Gasteiger partial charge < -0.3 is 15.8 Å². The molecule has 0 aromatic carbocycles. The molecule has 0 spiro atoms. The third kappa shape index (κ3) is 2.56. The molecule has 1 heterocycles. The van der Waals surface area contributed by atoms with E-state index in [-0.39, 0.29) is 5.54 Å². The first kappa shape index (κ1) is 13.1. The summed E-state index contributed by atoms with van der Waals surface area (Å²) in [5, 5.41) is 3.51. The number of nitrogens with two attached hydrogens (primary N) is 1. The zero-order chi connectivity index (χ0) is 13.0. The fourth-order valence-electron chi connectivity index (χ4n) is 2.73. The van der Waals surface area contributed by atoms with Crippen LogP contribution >= 0.6 is 0 Å². The van der Waals surface area contributed by atoms with Gasteiger partial charge in [0.2, 0.25) is 5.88 Å². The first-order valence-corrected chi connectivity index (χ1v) is 6.54. The number of methoxy groups -OCH3 is 1. The average molecular weight is 250 g/mol. The van der Waals surface area contributed by atoms with E-state index in [1.807, 2.05) is 6.07 Å². The molecule has 0 radical (unpaired) electrons. The van der Waals surface area contributed by atoms with Gasteiger partial charge in [0.1, 0.15) is 12.1 Å². The molecule has 100 valence electrons. The molecular formula is C13H22N4O. The molecule has 0 saturated heterocycles. The van der Waals surface area contributed by atoms with Crippen LogP contribution in [0.15, 0.2) is 12.4 Å². The molecule has 2 unspecified atom stereocenters. The average Bonchev–Trinajstić information content (AvgIpc) is 2.42. The van der Waals surface area contributed by atoms with E-state index in [9.17, 15) is 0 Å². The maximum Gasteiger partial charge on any atom is 0.218 e. The molecule has 1 fully saturated rings. The van der Waals surface area contributed by atoms with E-state index in [0.29, 0.717) is 18.3 Å². The zero-order valence-electron chi connectivity index (χ0n) is 11.1. The predicted octanol–water partition coefficient (Wildman–Crippen LogP) is 1.80. The van der Waals surface area contributed by atoms with E-state index < -0.39 is 0 Å². The summed E-state index contributed by atoms with van der Waals surface area (Å²) in [6, 6.07) is 1.82. The van der Waals surface area contributed by atoms with E-state index in [1.165, 1.54) is 25.6 Å². The van der Waals surface area contributed by atoms with Gasteiger partial charge in [-0.05, 0) is 18.8 Å². The largest absolute Gasteiger partial charge is 0.481 e. The highest BCUT2D eigenvalue weighted by Crippen LogP contribution is 2.35.